The van der Waals surface area contributed by atoms with E-state index in [1.54, 1.807) is 45.0 Å². The molecule has 0 radical (unpaired) electrons. The molecule has 0 heterocycles. The van der Waals surface area contributed by atoms with Gasteiger partial charge in [-0.05, 0) is 26.3 Å². The minimum Gasteiger partial charge on any atom is -0.444 e. The number of amides is 1. The number of ether oxygens (including phenoxy) is 1. The van der Waals surface area contributed by atoms with Crippen molar-refractivity contribution in [3.8, 4) is 0 Å². The Kier molecular flexibility index (Phi) is 6.30. The molecule has 0 saturated carbocycles. The van der Waals surface area contributed by atoms with Gasteiger partial charge in [0.1, 0.15) is 11.7 Å². The summed E-state index contributed by atoms with van der Waals surface area (Å²) < 4.78 is 5.02. The SMILES string of the molecule is CC(C)(C)OC(=O)NC[C@@H](O)C(Cc1ccccc1)[N+](=O)[O-]. The molecule has 0 aliphatic rings. The lowest BCUT2D eigenvalue weighted by Crippen LogP contribution is -2.45. The number of carbonyl (C=O) groups is 1. The van der Waals surface area contributed by atoms with Crippen LogP contribution in [0, 0.1) is 10.1 Å². The fourth-order valence-corrected chi connectivity index (χ4v) is 1.84. The quantitative estimate of drug-likeness (QED) is 0.616. The zero-order valence-electron chi connectivity index (χ0n) is 13.0. The fraction of sp³-hybridized carbons (Fsp3) is 0.533. The lowest BCUT2D eigenvalue weighted by atomic mass is 10.0. The van der Waals surface area contributed by atoms with E-state index in [4.69, 9.17) is 4.74 Å². The minimum absolute atomic E-state index is 0.0883. The van der Waals surface area contributed by atoms with E-state index in [0.29, 0.717) is 0 Å². The van der Waals surface area contributed by atoms with Crippen LogP contribution >= 0.6 is 0 Å². The third kappa shape index (κ3) is 6.53. The number of carbonyl (C=O) groups excluding carboxylic acids is 1. The number of nitrogens with zero attached hydrogens (tertiary/aromatic N) is 1. The summed E-state index contributed by atoms with van der Waals surface area (Å²) in [7, 11) is 0. The van der Waals surface area contributed by atoms with Crippen LogP contribution < -0.4 is 5.32 Å². The van der Waals surface area contributed by atoms with Crippen LogP contribution in [0.25, 0.3) is 0 Å². The van der Waals surface area contributed by atoms with E-state index in [1.807, 2.05) is 6.07 Å². The highest BCUT2D eigenvalue weighted by Gasteiger charge is 2.30. The van der Waals surface area contributed by atoms with Crippen molar-refractivity contribution in [2.24, 2.45) is 0 Å². The van der Waals surface area contributed by atoms with Gasteiger partial charge in [0, 0.05) is 11.3 Å². The molecule has 0 saturated heterocycles. The van der Waals surface area contributed by atoms with Gasteiger partial charge in [0.15, 0.2) is 0 Å². The van der Waals surface area contributed by atoms with Gasteiger partial charge in [-0.2, -0.15) is 0 Å². The highest BCUT2D eigenvalue weighted by atomic mass is 16.6. The zero-order valence-corrected chi connectivity index (χ0v) is 13.0. The Morgan fingerprint density at radius 3 is 2.45 bits per heavy atom. The van der Waals surface area contributed by atoms with Crippen LogP contribution in [0.2, 0.25) is 0 Å². The summed E-state index contributed by atoms with van der Waals surface area (Å²) in [6.07, 6.45) is -1.93. The number of hydrogen-bond acceptors (Lipinski definition) is 5. The Labute approximate surface area is 129 Å². The van der Waals surface area contributed by atoms with Crippen molar-refractivity contribution in [1.82, 2.24) is 5.32 Å². The number of nitrogens with one attached hydrogen (secondary N) is 1. The van der Waals surface area contributed by atoms with Crippen LogP contribution in [0.3, 0.4) is 0 Å². The van der Waals surface area contributed by atoms with Crippen molar-refractivity contribution in [2.45, 2.75) is 44.9 Å². The average molecular weight is 310 g/mol. The van der Waals surface area contributed by atoms with Crippen LogP contribution in [0.5, 0.6) is 0 Å². The molecule has 22 heavy (non-hydrogen) atoms. The Morgan fingerprint density at radius 1 is 1.36 bits per heavy atom. The predicted molar refractivity (Wildman–Crippen MR) is 81.2 cm³/mol. The summed E-state index contributed by atoms with van der Waals surface area (Å²) in [4.78, 5) is 22.1. The lowest BCUT2D eigenvalue weighted by Gasteiger charge is -2.21. The lowest BCUT2D eigenvalue weighted by molar-refractivity contribution is -0.533. The summed E-state index contributed by atoms with van der Waals surface area (Å²) in [6, 6.07) is 7.67. The molecule has 7 nitrogen and oxygen atoms in total. The summed E-state index contributed by atoms with van der Waals surface area (Å²) in [5.74, 6) is 0. The average Bonchev–Trinajstić information content (AvgIpc) is 2.41. The molecule has 0 aliphatic heterocycles. The van der Waals surface area contributed by atoms with E-state index < -0.39 is 28.8 Å². The highest BCUT2D eigenvalue weighted by molar-refractivity contribution is 5.67. The maximum atomic E-state index is 11.5. The van der Waals surface area contributed by atoms with Gasteiger partial charge in [0.25, 0.3) is 0 Å². The van der Waals surface area contributed by atoms with E-state index >= 15 is 0 Å². The number of aliphatic hydroxyl groups excluding tert-OH is 1. The topological polar surface area (TPSA) is 102 Å². The second-order valence-electron chi connectivity index (χ2n) is 5.99. The number of hydrogen-bond donors (Lipinski definition) is 2. The smallest absolute Gasteiger partial charge is 0.407 e. The van der Waals surface area contributed by atoms with E-state index in [9.17, 15) is 20.0 Å². The van der Waals surface area contributed by atoms with Gasteiger partial charge in [0.05, 0.1) is 6.54 Å². The summed E-state index contributed by atoms with van der Waals surface area (Å²) in [6.45, 7) is 4.88. The summed E-state index contributed by atoms with van der Waals surface area (Å²) >= 11 is 0. The van der Waals surface area contributed by atoms with Crippen LogP contribution in [0.15, 0.2) is 30.3 Å². The zero-order chi connectivity index (χ0) is 16.8. The van der Waals surface area contributed by atoms with E-state index in [1.165, 1.54) is 0 Å². The first-order chi connectivity index (χ1) is 10.2. The Hall–Kier alpha value is -2.15. The molecule has 0 fully saturated rings. The Morgan fingerprint density at radius 2 is 1.95 bits per heavy atom. The molecule has 1 amide bonds. The minimum atomic E-state index is -1.30. The maximum absolute atomic E-state index is 11.5. The summed E-state index contributed by atoms with van der Waals surface area (Å²) in [5, 5.41) is 23.4. The van der Waals surface area contributed by atoms with Crippen molar-refractivity contribution in [1.29, 1.82) is 0 Å². The van der Waals surface area contributed by atoms with E-state index in [2.05, 4.69) is 5.32 Å². The molecular formula is C15H22N2O5. The third-order valence-corrected chi connectivity index (χ3v) is 2.86. The highest BCUT2D eigenvalue weighted by Crippen LogP contribution is 2.10. The van der Waals surface area contributed by atoms with Gasteiger partial charge >= 0.3 is 6.09 Å². The van der Waals surface area contributed by atoms with Crippen LogP contribution in [0.1, 0.15) is 26.3 Å². The molecule has 2 N–H and O–H groups in total. The van der Waals surface area contributed by atoms with Gasteiger partial charge in [-0.15, -0.1) is 0 Å². The molecule has 122 valence electrons. The Balaban J connectivity index is 2.57. The molecule has 0 aromatic heterocycles. The van der Waals surface area contributed by atoms with Crippen molar-refractivity contribution >= 4 is 6.09 Å². The van der Waals surface area contributed by atoms with Gasteiger partial charge in [0.2, 0.25) is 6.04 Å². The monoisotopic (exact) mass is 310 g/mol. The number of alkyl carbamates (subject to hydrolysis) is 1. The van der Waals surface area contributed by atoms with Gasteiger partial charge in [-0.3, -0.25) is 10.1 Å². The molecule has 0 aliphatic carbocycles. The first-order valence-corrected chi connectivity index (χ1v) is 7.01. The molecule has 1 rings (SSSR count). The Bertz CT molecular complexity index is 498. The molecule has 1 aromatic carbocycles. The molecular weight excluding hydrogens is 288 g/mol. The molecule has 1 aromatic rings. The van der Waals surface area contributed by atoms with Crippen molar-refractivity contribution in [3.05, 3.63) is 46.0 Å². The van der Waals surface area contributed by atoms with Crippen molar-refractivity contribution in [3.63, 3.8) is 0 Å². The molecule has 0 bridgehead atoms. The van der Waals surface area contributed by atoms with Crippen molar-refractivity contribution < 1.29 is 19.6 Å². The number of rotatable bonds is 6. The largest absolute Gasteiger partial charge is 0.444 e. The number of benzene rings is 1. The molecule has 2 atom stereocenters. The van der Waals surface area contributed by atoms with Gasteiger partial charge < -0.3 is 15.2 Å². The van der Waals surface area contributed by atoms with Crippen LogP contribution in [-0.2, 0) is 11.2 Å². The summed E-state index contributed by atoms with van der Waals surface area (Å²) in [5.41, 5.74) is 0.0854. The third-order valence-electron chi connectivity index (χ3n) is 2.86. The standard InChI is InChI=1S/C15H22N2O5/c1-15(2,3)22-14(19)16-10-13(18)12(17(20)21)9-11-7-5-4-6-8-11/h4-8,12-13,18H,9-10H2,1-3H3,(H,16,19)/t12?,13-/m1/s1. The first-order valence-electron chi connectivity index (χ1n) is 7.01. The second-order valence-corrected chi connectivity index (χ2v) is 5.99. The van der Waals surface area contributed by atoms with Crippen molar-refractivity contribution in [2.75, 3.05) is 6.54 Å². The first kappa shape index (κ1) is 17.9. The van der Waals surface area contributed by atoms with Crippen LogP contribution in [-0.4, -0.2) is 40.4 Å². The number of aliphatic hydroxyl groups is 1. The number of nitro groups is 1. The fourth-order valence-electron chi connectivity index (χ4n) is 1.84. The van der Waals surface area contributed by atoms with Gasteiger partial charge in [-0.1, -0.05) is 30.3 Å². The molecule has 7 heteroatoms. The molecule has 0 spiro atoms. The van der Waals surface area contributed by atoms with E-state index in [0.717, 1.165) is 5.56 Å². The maximum Gasteiger partial charge on any atom is 0.407 e. The molecule has 1 unspecified atom stereocenters. The second kappa shape index (κ2) is 7.74. The van der Waals surface area contributed by atoms with Crippen LogP contribution in [0.4, 0.5) is 4.79 Å². The van der Waals surface area contributed by atoms with Gasteiger partial charge in [-0.25, -0.2) is 4.79 Å². The normalized spacial score (nSPS) is 14.0. The predicted octanol–water partition coefficient (Wildman–Crippen LogP) is 1.76. The van der Waals surface area contributed by atoms with E-state index in [-0.39, 0.29) is 13.0 Å².